The van der Waals surface area contributed by atoms with Gasteiger partial charge in [0.05, 0.1) is 18.8 Å². The summed E-state index contributed by atoms with van der Waals surface area (Å²) in [4.78, 5) is 41.7. The van der Waals surface area contributed by atoms with Crippen molar-refractivity contribution in [3.05, 3.63) is 36.1 Å². The summed E-state index contributed by atoms with van der Waals surface area (Å²) in [6, 6.07) is 8.63. The highest BCUT2D eigenvalue weighted by Gasteiger charge is 2.52. The Bertz CT molecular complexity index is 982. The van der Waals surface area contributed by atoms with E-state index in [1.54, 1.807) is 17.9 Å². The van der Waals surface area contributed by atoms with Crippen LogP contribution in [0.2, 0.25) is 0 Å². The van der Waals surface area contributed by atoms with Gasteiger partial charge in [0, 0.05) is 11.9 Å². The van der Waals surface area contributed by atoms with Crippen molar-refractivity contribution >= 4 is 28.8 Å². The summed E-state index contributed by atoms with van der Waals surface area (Å²) in [5.74, 6) is -0.336. The van der Waals surface area contributed by atoms with Gasteiger partial charge in [-0.1, -0.05) is 31.0 Å². The lowest BCUT2D eigenvalue weighted by Gasteiger charge is -2.44. The van der Waals surface area contributed by atoms with Gasteiger partial charge < -0.3 is 19.4 Å². The molecule has 1 aliphatic carbocycles. The van der Waals surface area contributed by atoms with Crippen LogP contribution in [0.3, 0.4) is 0 Å². The molecule has 30 heavy (non-hydrogen) atoms. The van der Waals surface area contributed by atoms with Crippen molar-refractivity contribution in [2.45, 2.75) is 50.3 Å². The molecule has 1 aromatic heterocycles. The minimum atomic E-state index is -1.34. The maximum atomic E-state index is 13.2. The van der Waals surface area contributed by atoms with E-state index < -0.39 is 17.5 Å². The third-order valence-corrected chi connectivity index (χ3v) is 6.54. The number of urea groups is 1. The molecule has 2 aliphatic heterocycles. The van der Waals surface area contributed by atoms with Crippen molar-refractivity contribution in [1.82, 2.24) is 15.1 Å². The number of nitrogens with zero attached hydrogens (tertiary/aromatic N) is 2. The van der Waals surface area contributed by atoms with Crippen molar-refractivity contribution in [3.8, 4) is 0 Å². The molecule has 1 N–H and O–H groups in total. The van der Waals surface area contributed by atoms with Crippen LogP contribution in [0.5, 0.6) is 0 Å². The molecule has 8 nitrogen and oxygen atoms in total. The van der Waals surface area contributed by atoms with Crippen LogP contribution in [-0.2, 0) is 19.9 Å². The zero-order chi connectivity index (χ0) is 20.9. The van der Waals surface area contributed by atoms with E-state index in [0.717, 1.165) is 36.0 Å². The summed E-state index contributed by atoms with van der Waals surface area (Å²) in [6.07, 6.45) is 4.06. The van der Waals surface area contributed by atoms with E-state index in [1.807, 2.05) is 24.3 Å². The van der Waals surface area contributed by atoms with Gasteiger partial charge in [-0.2, -0.15) is 0 Å². The number of hydrogen-bond acceptors (Lipinski definition) is 5. The molecule has 2 saturated heterocycles. The Morgan fingerprint density at radius 1 is 1.23 bits per heavy atom. The largest absolute Gasteiger partial charge is 0.458 e. The molecule has 3 fully saturated rings. The SMILES string of the molecule is CC1(c2cc3ccccc3o2)NC(=O)N(CC(=O)N2CCOC3CCCCC32)C1=O. The molecular weight excluding hydrogens is 386 g/mol. The van der Waals surface area contributed by atoms with E-state index in [9.17, 15) is 14.4 Å². The third kappa shape index (κ3) is 2.98. The first-order valence-electron chi connectivity index (χ1n) is 10.5. The Balaban J connectivity index is 1.36. The standard InChI is InChI=1S/C22H25N3O5/c1-22(18-12-14-6-2-4-8-16(14)30-18)20(27)25(21(28)23-22)13-19(26)24-10-11-29-17-9-5-3-7-15(17)24/h2,4,6,8,12,15,17H,3,5,7,9-11,13H2,1H3,(H,23,28). The predicted molar refractivity (Wildman–Crippen MR) is 108 cm³/mol. The Kier molecular flexibility index (Phi) is 4.54. The van der Waals surface area contributed by atoms with Crippen LogP contribution in [0.1, 0.15) is 38.4 Å². The molecule has 0 radical (unpaired) electrons. The Morgan fingerprint density at radius 2 is 2.03 bits per heavy atom. The summed E-state index contributed by atoms with van der Waals surface area (Å²) in [5, 5.41) is 3.57. The number of amides is 4. The van der Waals surface area contributed by atoms with Gasteiger partial charge in [0.25, 0.3) is 5.91 Å². The second-order valence-electron chi connectivity index (χ2n) is 8.44. The van der Waals surface area contributed by atoms with Crippen molar-refractivity contribution in [1.29, 1.82) is 0 Å². The number of morpholine rings is 1. The number of carbonyl (C=O) groups excluding carboxylic acids is 3. The fourth-order valence-corrected chi connectivity index (χ4v) is 4.87. The molecule has 0 spiro atoms. The van der Waals surface area contributed by atoms with Crippen molar-refractivity contribution < 1.29 is 23.5 Å². The summed E-state index contributed by atoms with van der Waals surface area (Å²) in [5.41, 5.74) is -0.698. The van der Waals surface area contributed by atoms with Gasteiger partial charge in [0.2, 0.25) is 5.91 Å². The first-order chi connectivity index (χ1) is 14.5. The number of benzene rings is 1. The van der Waals surface area contributed by atoms with Gasteiger partial charge in [0.15, 0.2) is 5.54 Å². The first-order valence-corrected chi connectivity index (χ1v) is 10.5. The van der Waals surface area contributed by atoms with Gasteiger partial charge >= 0.3 is 6.03 Å². The maximum absolute atomic E-state index is 13.2. The van der Waals surface area contributed by atoms with Gasteiger partial charge in [-0.3, -0.25) is 14.5 Å². The summed E-state index contributed by atoms with van der Waals surface area (Å²) < 4.78 is 11.7. The summed E-state index contributed by atoms with van der Waals surface area (Å²) in [6.45, 7) is 2.32. The van der Waals surface area contributed by atoms with Gasteiger partial charge in [-0.05, 0) is 31.9 Å². The van der Waals surface area contributed by atoms with Gasteiger partial charge in [-0.15, -0.1) is 0 Å². The number of carbonyl (C=O) groups is 3. The highest BCUT2D eigenvalue weighted by atomic mass is 16.5. The quantitative estimate of drug-likeness (QED) is 0.783. The molecule has 3 aliphatic rings. The van der Waals surface area contributed by atoms with E-state index in [4.69, 9.17) is 9.15 Å². The lowest BCUT2D eigenvalue weighted by Crippen LogP contribution is -2.57. The van der Waals surface area contributed by atoms with Crippen LogP contribution in [0.15, 0.2) is 34.7 Å². The molecule has 2 aromatic rings. The number of fused-ring (bicyclic) bond motifs is 2. The predicted octanol–water partition coefficient (Wildman–Crippen LogP) is 2.37. The minimum Gasteiger partial charge on any atom is -0.458 e. The highest BCUT2D eigenvalue weighted by molar-refractivity contribution is 6.09. The molecule has 8 heteroatoms. The second-order valence-corrected chi connectivity index (χ2v) is 8.44. The van der Waals surface area contributed by atoms with Crippen molar-refractivity contribution in [2.75, 3.05) is 19.7 Å². The van der Waals surface area contributed by atoms with E-state index >= 15 is 0 Å². The first kappa shape index (κ1) is 19.1. The molecule has 158 valence electrons. The lowest BCUT2D eigenvalue weighted by molar-refractivity contribution is -0.152. The van der Waals surface area contributed by atoms with E-state index in [0.29, 0.717) is 24.5 Å². The molecule has 3 atom stereocenters. The number of ether oxygens (including phenoxy) is 1. The van der Waals surface area contributed by atoms with Crippen molar-refractivity contribution in [3.63, 3.8) is 0 Å². The van der Waals surface area contributed by atoms with Crippen LogP contribution in [0, 0.1) is 0 Å². The molecule has 3 unspecified atom stereocenters. The Hall–Kier alpha value is -2.87. The second kappa shape index (κ2) is 7.12. The molecule has 3 heterocycles. The normalized spacial score (nSPS) is 29.2. The van der Waals surface area contributed by atoms with E-state index in [-0.39, 0.29) is 24.6 Å². The molecule has 0 bridgehead atoms. The number of hydrogen-bond donors (Lipinski definition) is 1. The smallest absolute Gasteiger partial charge is 0.325 e. The average molecular weight is 411 g/mol. The average Bonchev–Trinajstić information content (AvgIpc) is 3.29. The molecule has 1 aromatic carbocycles. The van der Waals surface area contributed by atoms with Crippen LogP contribution in [0.25, 0.3) is 11.0 Å². The van der Waals surface area contributed by atoms with Crippen molar-refractivity contribution in [2.24, 2.45) is 0 Å². The molecular formula is C22H25N3O5. The zero-order valence-electron chi connectivity index (χ0n) is 16.9. The van der Waals surface area contributed by atoms with Gasteiger partial charge in [-0.25, -0.2) is 4.79 Å². The van der Waals surface area contributed by atoms with E-state index in [1.165, 1.54) is 0 Å². The zero-order valence-corrected chi connectivity index (χ0v) is 16.9. The Labute approximate surface area is 174 Å². The summed E-state index contributed by atoms with van der Waals surface area (Å²) >= 11 is 0. The molecule has 1 saturated carbocycles. The monoisotopic (exact) mass is 411 g/mol. The minimum absolute atomic E-state index is 0.0301. The highest BCUT2D eigenvalue weighted by Crippen LogP contribution is 2.33. The fourth-order valence-electron chi connectivity index (χ4n) is 4.87. The van der Waals surface area contributed by atoms with Crippen LogP contribution >= 0.6 is 0 Å². The summed E-state index contributed by atoms with van der Waals surface area (Å²) in [7, 11) is 0. The maximum Gasteiger partial charge on any atom is 0.325 e. The van der Waals surface area contributed by atoms with Crippen LogP contribution in [0.4, 0.5) is 4.79 Å². The number of rotatable bonds is 3. The fraction of sp³-hybridized carbons (Fsp3) is 0.500. The number of furan rings is 1. The number of nitrogens with one attached hydrogen (secondary N) is 1. The van der Waals surface area contributed by atoms with Crippen LogP contribution in [-0.4, -0.2) is 59.5 Å². The van der Waals surface area contributed by atoms with Crippen LogP contribution < -0.4 is 5.32 Å². The lowest BCUT2D eigenvalue weighted by atomic mass is 9.90. The van der Waals surface area contributed by atoms with Gasteiger partial charge in [0.1, 0.15) is 17.9 Å². The molecule has 5 rings (SSSR count). The number of para-hydroxylation sites is 1. The Morgan fingerprint density at radius 3 is 2.87 bits per heavy atom. The topological polar surface area (TPSA) is 92.1 Å². The third-order valence-electron chi connectivity index (χ3n) is 6.54. The van der Waals surface area contributed by atoms with E-state index in [2.05, 4.69) is 5.32 Å². The molecule has 4 amide bonds. The number of imide groups is 1.